The molecule has 0 radical (unpaired) electrons. The maximum absolute atomic E-state index is 12.9. The highest BCUT2D eigenvalue weighted by atomic mass is 16.2. The van der Waals surface area contributed by atoms with Crippen LogP contribution < -0.4 is 16.0 Å². The van der Waals surface area contributed by atoms with Crippen molar-refractivity contribution in [2.45, 2.75) is 103 Å². The Bertz CT molecular complexity index is 991. The normalized spacial score (nSPS) is 10.7. The number of anilines is 2. The molecule has 0 aromatic heterocycles. The van der Waals surface area contributed by atoms with Crippen molar-refractivity contribution in [1.82, 2.24) is 5.32 Å². The second-order valence-corrected chi connectivity index (χ2v) is 10.3. The van der Waals surface area contributed by atoms with Gasteiger partial charge in [-0.15, -0.1) is 0 Å². The Morgan fingerprint density at radius 3 is 1.87 bits per heavy atom. The molecule has 39 heavy (non-hydrogen) atoms. The van der Waals surface area contributed by atoms with Crippen molar-refractivity contribution in [2.24, 2.45) is 0 Å². The summed E-state index contributed by atoms with van der Waals surface area (Å²) in [6, 6.07) is 14.3. The SMILES string of the molecule is CCCCCCCCCCCCCCNC(=O)CCCC(=O)Nc1ccc(NC)c(C(=O)c2ccccc2)c1. The number of benzene rings is 2. The van der Waals surface area contributed by atoms with E-state index in [0.29, 0.717) is 41.9 Å². The first-order chi connectivity index (χ1) is 19.0. The highest BCUT2D eigenvalue weighted by Crippen LogP contribution is 2.23. The first kappa shape index (κ1) is 32.1. The van der Waals surface area contributed by atoms with E-state index >= 15 is 0 Å². The first-order valence-electron chi connectivity index (χ1n) is 15.0. The lowest BCUT2D eigenvalue weighted by molar-refractivity contribution is -0.121. The molecule has 0 spiro atoms. The molecule has 0 bridgehead atoms. The van der Waals surface area contributed by atoms with Crippen LogP contribution in [-0.4, -0.2) is 31.2 Å². The van der Waals surface area contributed by atoms with Crippen molar-refractivity contribution in [3.05, 3.63) is 59.7 Å². The van der Waals surface area contributed by atoms with Gasteiger partial charge in [-0.2, -0.15) is 0 Å². The summed E-state index contributed by atoms with van der Waals surface area (Å²) >= 11 is 0. The van der Waals surface area contributed by atoms with Crippen molar-refractivity contribution in [1.29, 1.82) is 0 Å². The van der Waals surface area contributed by atoms with Crippen molar-refractivity contribution >= 4 is 29.0 Å². The Balaban J connectivity index is 1.57. The Kier molecular flexibility index (Phi) is 16.3. The summed E-state index contributed by atoms with van der Waals surface area (Å²) in [6.45, 7) is 2.96. The van der Waals surface area contributed by atoms with Gasteiger partial charge in [0.05, 0.1) is 0 Å². The number of rotatable bonds is 21. The average molecular weight is 536 g/mol. The average Bonchev–Trinajstić information content (AvgIpc) is 2.95. The van der Waals surface area contributed by atoms with E-state index in [2.05, 4.69) is 22.9 Å². The molecule has 0 unspecified atom stereocenters. The molecule has 3 N–H and O–H groups in total. The number of carbonyl (C=O) groups is 3. The van der Waals surface area contributed by atoms with E-state index in [-0.39, 0.29) is 24.0 Å². The Hall–Kier alpha value is -3.15. The molecule has 0 saturated heterocycles. The monoisotopic (exact) mass is 535 g/mol. The quantitative estimate of drug-likeness (QED) is 0.112. The molecule has 0 aliphatic rings. The molecule has 6 heteroatoms. The second kappa shape index (κ2) is 19.9. The number of ketones is 1. The number of hydrogen-bond donors (Lipinski definition) is 3. The molecule has 2 amide bonds. The van der Waals surface area contributed by atoms with Gasteiger partial charge in [-0.3, -0.25) is 14.4 Å². The number of amides is 2. The van der Waals surface area contributed by atoms with Crippen molar-refractivity contribution in [3.8, 4) is 0 Å². The maximum atomic E-state index is 12.9. The predicted molar refractivity (Wildman–Crippen MR) is 162 cm³/mol. The molecule has 214 valence electrons. The van der Waals surface area contributed by atoms with Gasteiger partial charge in [0.2, 0.25) is 11.8 Å². The van der Waals surface area contributed by atoms with Gasteiger partial charge in [0.25, 0.3) is 0 Å². The van der Waals surface area contributed by atoms with Gasteiger partial charge in [0, 0.05) is 48.9 Å². The standard InChI is InChI=1S/C33H49N3O3/c1-3-4-5-6-7-8-9-10-11-12-13-17-25-35-31(37)21-18-22-32(38)36-28-23-24-30(34-2)29(26-28)33(39)27-19-15-14-16-20-27/h14-16,19-20,23-24,26,34H,3-13,17-18,21-22,25H2,1-2H3,(H,35,37)(H,36,38). The van der Waals surface area contributed by atoms with E-state index in [9.17, 15) is 14.4 Å². The zero-order chi connectivity index (χ0) is 28.1. The molecule has 6 nitrogen and oxygen atoms in total. The van der Waals surface area contributed by atoms with Gasteiger partial charge in [-0.1, -0.05) is 108 Å². The third kappa shape index (κ3) is 13.5. The van der Waals surface area contributed by atoms with Crippen LogP contribution in [-0.2, 0) is 9.59 Å². The van der Waals surface area contributed by atoms with Crippen LogP contribution in [0.3, 0.4) is 0 Å². The Labute approximate surface area is 235 Å². The van der Waals surface area contributed by atoms with Crippen LogP contribution in [0.15, 0.2) is 48.5 Å². The predicted octanol–water partition coefficient (Wildman–Crippen LogP) is 7.89. The van der Waals surface area contributed by atoms with Crippen molar-refractivity contribution in [2.75, 3.05) is 24.2 Å². The van der Waals surface area contributed by atoms with E-state index in [0.717, 1.165) is 12.8 Å². The highest BCUT2D eigenvalue weighted by molar-refractivity contribution is 6.13. The van der Waals surface area contributed by atoms with Crippen LogP contribution in [0.4, 0.5) is 11.4 Å². The highest BCUT2D eigenvalue weighted by Gasteiger charge is 2.15. The molecule has 0 saturated carbocycles. The van der Waals surface area contributed by atoms with Gasteiger partial charge in [-0.25, -0.2) is 0 Å². The van der Waals surface area contributed by atoms with Crippen LogP contribution in [0.2, 0.25) is 0 Å². The molecule has 0 fully saturated rings. The molecular formula is C33H49N3O3. The third-order valence-electron chi connectivity index (χ3n) is 7.01. The molecule has 2 rings (SSSR count). The van der Waals surface area contributed by atoms with Crippen LogP contribution in [0, 0.1) is 0 Å². The number of carbonyl (C=O) groups excluding carboxylic acids is 3. The summed E-state index contributed by atoms with van der Waals surface area (Å²) < 4.78 is 0. The molecule has 0 aliphatic heterocycles. The lowest BCUT2D eigenvalue weighted by Crippen LogP contribution is -2.24. The van der Waals surface area contributed by atoms with E-state index in [1.165, 1.54) is 64.2 Å². The minimum Gasteiger partial charge on any atom is -0.388 e. The summed E-state index contributed by atoms with van der Waals surface area (Å²) in [5.74, 6) is -0.278. The number of unbranched alkanes of at least 4 members (excludes halogenated alkanes) is 11. The fourth-order valence-electron chi connectivity index (χ4n) is 4.69. The third-order valence-corrected chi connectivity index (χ3v) is 7.01. The van der Waals surface area contributed by atoms with Crippen LogP contribution in [0.25, 0.3) is 0 Å². The molecular weight excluding hydrogens is 486 g/mol. The number of hydrogen-bond acceptors (Lipinski definition) is 4. The lowest BCUT2D eigenvalue weighted by Gasteiger charge is -2.12. The fourth-order valence-corrected chi connectivity index (χ4v) is 4.69. The fraction of sp³-hybridized carbons (Fsp3) is 0.545. The van der Waals surface area contributed by atoms with Crippen molar-refractivity contribution in [3.63, 3.8) is 0 Å². The molecule has 0 atom stereocenters. The summed E-state index contributed by atoms with van der Waals surface area (Å²) in [5, 5.41) is 8.87. The van der Waals surface area contributed by atoms with Gasteiger partial charge in [-0.05, 0) is 31.0 Å². The number of nitrogens with one attached hydrogen (secondary N) is 3. The topological polar surface area (TPSA) is 87.3 Å². The minimum absolute atomic E-state index is 0.00000913. The van der Waals surface area contributed by atoms with Gasteiger partial charge in [0.15, 0.2) is 5.78 Å². The summed E-state index contributed by atoms with van der Waals surface area (Å²) in [6.07, 6.45) is 16.7. The molecule has 0 aliphatic carbocycles. The second-order valence-electron chi connectivity index (χ2n) is 10.3. The zero-order valence-corrected chi connectivity index (χ0v) is 24.2. The largest absolute Gasteiger partial charge is 0.388 e. The van der Waals surface area contributed by atoms with Gasteiger partial charge >= 0.3 is 0 Å². The lowest BCUT2D eigenvalue weighted by atomic mass is 10.0. The van der Waals surface area contributed by atoms with Crippen LogP contribution in [0.5, 0.6) is 0 Å². The van der Waals surface area contributed by atoms with Gasteiger partial charge < -0.3 is 16.0 Å². The van der Waals surface area contributed by atoms with Crippen LogP contribution in [0.1, 0.15) is 119 Å². The van der Waals surface area contributed by atoms with Crippen molar-refractivity contribution < 1.29 is 14.4 Å². The summed E-state index contributed by atoms with van der Waals surface area (Å²) in [5.41, 5.74) is 2.35. The summed E-state index contributed by atoms with van der Waals surface area (Å²) in [4.78, 5) is 37.5. The van der Waals surface area contributed by atoms with Gasteiger partial charge in [0.1, 0.15) is 0 Å². The van der Waals surface area contributed by atoms with Crippen LogP contribution >= 0.6 is 0 Å². The first-order valence-corrected chi connectivity index (χ1v) is 15.0. The Morgan fingerprint density at radius 1 is 0.667 bits per heavy atom. The van der Waals surface area contributed by atoms with E-state index in [1.807, 2.05) is 18.2 Å². The van der Waals surface area contributed by atoms with E-state index < -0.39 is 0 Å². The van der Waals surface area contributed by atoms with E-state index in [4.69, 9.17) is 0 Å². The molecule has 2 aromatic carbocycles. The summed E-state index contributed by atoms with van der Waals surface area (Å²) in [7, 11) is 1.76. The minimum atomic E-state index is -0.168. The zero-order valence-electron chi connectivity index (χ0n) is 24.2. The molecule has 0 heterocycles. The maximum Gasteiger partial charge on any atom is 0.224 e. The van der Waals surface area contributed by atoms with E-state index in [1.54, 1.807) is 37.4 Å². The molecule has 2 aromatic rings. The smallest absolute Gasteiger partial charge is 0.224 e. The Morgan fingerprint density at radius 2 is 1.26 bits per heavy atom.